The third-order valence-electron chi connectivity index (χ3n) is 4.76. The number of nitrogens with zero attached hydrogens (tertiary/aromatic N) is 2. The van der Waals surface area contributed by atoms with Crippen molar-refractivity contribution < 1.29 is 4.74 Å². The van der Waals surface area contributed by atoms with Gasteiger partial charge in [0.05, 0.1) is 13.2 Å². The van der Waals surface area contributed by atoms with Gasteiger partial charge in [-0.2, -0.15) is 0 Å². The average Bonchev–Trinajstić information content (AvgIpc) is 3.10. The normalized spacial score (nSPS) is 22.1. The van der Waals surface area contributed by atoms with E-state index in [0.717, 1.165) is 51.6 Å². The number of hydrogen-bond acceptors (Lipinski definition) is 2. The third-order valence-corrected chi connectivity index (χ3v) is 4.76. The Morgan fingerprint density at radius 2 is 2.22 bits per heavy atom. The Morgan fingerprint density at radius 1 is 1.35 bits per heavy atom. The molecule has 4 nitrogen and oxygen atoms in total. The molecule has 0 bridgehead atoms. The quantitative estimate of drug-likeness (QED) is 0.527. The number of ether oxygens (including phenoxy) is 1. The van der Waals surface area contributed by atoms with E-state index in [9.17, 15) is 0 Å². The van der Waals surface area contributed by atoms with E-state index in [1.807, 2.05) is 7.05 Å². The molecule has 23 heavy (non-hydrogen) atoms. The summed E-state index contributed by atoms with van der Waals surface area (Å²) < 4.78 is 5.35. The van der Waals surface area contributed by atoms with Crippen LogP contribution < -0.4 is 5.32 Å². The monoisotopic (exact) mass is 313 g/mol. The Kier molecular flexibility index (Phi) is 5.70. The molecule has 2 aliphatic rings. The number of aliphatic imine (C=N–C) groups is 1. The summed E-state index contributed by atoms with van der Waals surface area (Å²) in [6, 6.07) is 10.8. The van der Waals surface area contributed by atoms with Crippen LogP contribution in [-0.2, 0) is 4.74 Å². The maximum Gasteiger partial charge on any atom is 0.193 e. The standard InChI is InChI=1S/C19H27N3O/c1-20-19(21-11-7-16-9-13-23-14-10-16)22-12-8-18(15-22)17-5-3-2-4-6-17/h2-6,9,18H,7-8,10-15H2,1H3,(H,20,21). The maximum absolute atomic E-state index is 5.35. The van der Waals surface area contributed by atoms with Crippen molar-refractivity contribution in [2.24, 2.45) is 4.99 Å². The summed E-state index contributed by atoms with van der Waals surface area (Å²) >= 11 is 0. The average molecular weight is 313 g/mol. The van der Waals surface area contributed by atoms with Gasteiger partial charge in [-0.1, -0.05) is 42.0 Å². The highest BCUT2D eigenvalue weighted by Crippen LogP contribution is 2.26. The third kappa shape index (κ3) is 4.35. The molecule has 124 valence electrons. The Labute approximate surface area is 139 Å². The van der Waals surface area contributed by atoms with Gasteiger partial charge < -0.3 is 15.0 Å². The summed E-state index contributed by atoms with van der Waals surface area (Å²) in [6.45, 7) is 4.72. The first kappa shape index (κ1) is 16.1. The molecule has 1 aromatic carbocycles. The molecule has 0 aliphatic carbocycles. The Balaban J connectivity index is 1.48. The molecule has 2 aliphatic heterocycles. The highest BCUT2D eigenvalue weighted by molar-refractivity contribution is 5.80. The molecule has 0 spiro atoms. The van der Waals surface area contributed by atoms with Crippen LogP contribution in [0.25, 0.3) is 0 Å². The summed E-state index contributed by atoms with van der Waals surface area (Å²) in [6.07, 6.45) is 5.57. The molecule has 1 N–H and O–H groups in total. The topological polar surface area (TPSA) is 36.9 Å². The van der Waals surface area contributed by atoms with E-state index in [-0.39, 0.29) is 0 Å². The van der Waals surface area contributed by atoms with Crippen LogP contribution in [-0.4, -0.2) is 50.8 Å². The fraction of sp³-hybridized carbons (Fsp3) is 0.526. The Bertz CT molecular complexity index is 553. The Morgan fingerprint density at radius 3 is 2.96 bits per heavy atom. The number of likely N-dealkylation sites (tertiary alicyclic amines) is 1. The number of guanidine groups is 1. The van der Waals surface area contributed by atoms with Crippen LogP contribution in [0.4, 0.5) is 0 Å². The van der Waals surface area contributed by atoms with Gasteiger partial charge in [0.25, 0.3) is 0 Å². The van der Waals surface area contributed by atoms with Crippen molar-refractivity contribution in [3.05, 3.63) is 47.5 Å². The van der Waals surface area contributed by atoms with Crippen molar-refractivity contribution in [1.82, 2.24) is 10.2 Å². The second-order valence-corrected chi connectivity index (χ2v) is 6.25. The van der Waals surface area contributed by atoms with Crippen molar-refractivity contribution in [2.45, 2.75) is 25.2 Å². The summed E-state index contributed by atoms with van der Waals surface area (Å²) in [7, 11) is 1.88. The molecule has 2 heterocycles. The molecule has 1 aromatic rings. The van der Waals surface area contributed by atoms with Gasteiger partial charge in [0.15, 0.2) is 5.96 Å². The van der Waals surface area contributed by atoms with Gasteiger partial charge in [0.1, 0.15) is 0 Å². The van der Waals surface area contributed by atoms with E-state index in [1.54, 1.807) is 0 Å². The largest absolute Gasteiger partial charge is 0.377 e. The fourth-order valence-corrected chi connectivity index (χ4v) is 3.41. The molecule has 1 unspecified atom stereocenters. The van der Waals surface area contributed by atoms with Gasteiger partial charge in [-0.05, 0) is 24.8 Å². The van der Waals surface area contributed by atoms with E-state index in [0.29, 0.717) is 5.92 Å². The first-order valence-electron chi connectivity index (χ1n) is 8.63. The molecule has 3 rings (SSSR count). The highest BCUT2D eigenvalue weighted by atomic mass is 16.5. The van der Waals surface area contributed by atoms with E-state index in [2.05, 4.69) is 51.6 Å². The first-order valence-corrected chi connectivity index (χ1v) is 8.63. The minimum Gasteiger partial charge on any atom is -0.377 e. The van der Waals surface area contributed by atoms with Gasteiger partial charge in [-0.3, -0.25) is 4.99 Å². The lowest BCUT2D eigenvalue weighted by Crippen LogP contribution is -2.40. The zero-order valence-corrected chi connectivity index (χ0v) is 14.0. The van der Waals surface area contributed by atoms with Crippen molar-refractivity contribution in [2.75, 3.05) is 39.9 Å². The number of benzene rings is 1. The summed E-state index contributed by atoms with van der Waals surface area (Å²) in [5.41, 5.74) is 2.95. The maximum atomic E-state index is 5.35. The molecule has 0 aromatic heterocycles. The van der Waals surface area contributed by atoms with E-state index < -0.39 is 0 Å². The van der Waals surface area contributed by atoms with Gasteiger partial charge >= 0.3 is 0 Å². The number of hydrogen-bond donors (Lipinski definition) is 1. The lowest BCUT2D eigenvalue weighted by molar-refractivity contribution is 0.153. The van der Waals surface area contributed by atoms with Crippen LogP contribution in [0.15, 0.2) is 47.0 Å². The lowest BCUT2D eigenvalue weighted by atomic mass is 9.99. The zero-order chi connectivity index (χ0) is 15.9. The van der Waals surface area contributed by atoms with Crippen molar-refractivity contribution in [3.63, 3.8) is 0 Å². The van der Waals surface area contributed by atoms with Gasteiger partial charge in [0, 0.05) is 32.6 Å². The Hall–Kier alpha value is -1.81. The van der Waals surface area contributed by atoms with Gasteiger partial charge in [0.2, 0.25) is 0 Å². The zero-order valence-electron chi connectivity index (χ0n) is 14.0. The minimum absolute atomic E-state index is 0.618. The number of nitrogens with one attached hydrogen (secondary N) is 1. The molecular weight excluding hydrogens is 286 g/mol. The van der Waals surface area contributed by atoms with Crippen LogP contribution in [0.3, 0.4) is 0 Å². The fourth-order valence-electron chi connectivity index (χ4n) is 3.41. The van der Waals surface area contributed by atoms with Crippen LogP contribution in [0.5, 0.6) is 0 Å². The second-order valence-electron chi connectivity index (χ2n) is 6.25. The molecular formula is C19H27N3O. The molecule has 1 fully saturated rings. The van der Waals surface area contributed by atoms with Crippen LogP contribution in [0, 0.1) is 0 Å². The highest BCUT2D eigenvalue weighted by Gasteiger charge is 2.25. The molecule has 0 radical (unpaired) electrons. The van der Waals surface area contributed by atoms with Crippen LogP contribution >= 0.6 is 0 Å². The van der Waals surface area contributed by atoms with Gasteiger partial charge in [-0.15, -0.1) is 0 Å². The first-order chi connectivity index (χ1) is 11.4. The van der Waals surface area contributed by atoms with Gasteiger partial charge in [-0.25, -0.2) is 0 Å². The molecule has 0 amide bonds. The smallest absolute Gasteiger partial charge is 0.193 e. The van der Waals surface area contributed by atoms with E-state index >= 15 is 0 Å². The predicted molar refractivity (Wildman–Crippen MR) is 94.9 cm³/mol. The molecule has 1 atom stereocenters. The molecule has 1 saturated heterocycles. The van der Waals surface area contributed by atoms with Crippen LogP contribution in [0.1, 0.15) is 30.7 Å². The van der Waals surface area contributed by atoms with Crippen molar-refractivity contribution >= 4 is 5.96 Å². The SMILES string of the molecule is CN=C(NCCC1=CCOCC1)N1CCC(c2ccccc2)C1. The van der Waals surface area contributed by atoms with E-state index in [4.69, 9.17) is 4.74 Å². The summed E-state index contributed by atoms with van der Waals surface area (Å²) in [4.78, 5) is 6.85. The molecule has 4 heteroatoms. The predicted octanol–water partition coefficient (Wildman–Crippen LogP) is 2.79. The van der Waals surface area contributed by atoms with E-state index in [1.165, 1.54) is 17.6 Å². The summed E-state index contributed by atoms with van der Waals surface area (Å²) in [5.74, 6) is 1.66. The minimum atomic E-state index is 0.618. The lowest BCUT2D eigenvalue weighted by Gasteiger charge is -2.22. The van der Waals surface area contributed by atoms with Crippen molar-refractivity contribution in [1.29, 1.82) is 0 Å². The molecule has 0 saturated carbocycles. The van der Waals surface area contributed by atoms with Crippen molar-refractivity contribution in [3.8, 4) is 0 Å². The number of rotatable bonds is 4. The second kappa shape index (κ2) is 8.16. The summed E-state index contributed by atoms with van der Waals surface area (Å²) in [5, 5.41) is 3.52. The van der Waals surface area contributed by atoms with Crippen LogP contribution in [0.2, 0.25) is 0 Å².